The van der Waals surface area contributed by atoms with E-state index in [9.17, 15) is 0 Å². The second-order valence-electron chi connectivity index (χ2n) is 4.00. The Morgan fingerprint density at radius 1 is 0.632 bits per heavy atom. The summed E-state index contributed by atoms with van der Waals surface area (Å²) in [5.74, 6) is 0. The zero-order valence-corrected chi connectivity index (χ0v) is 12.5. The van der Waals surface area contributed by atoms with E-state index in [1.165, 1.54) is 10.8 Å². The Kier molecular flexibility index (Phi) is 4.56. The molecule has 0 saturated heterocycles. The third kappa shape index (κ3) is 3.14. The van der Waals surface area contributed by atoms with Gasteiger partial charge in [-0.15, -0.1) is 70.3 Å². The maximum Gasteiger partial charge on any atom is 0 e. The van der Waals surface area contributed by atoms with Gasteiger partial charge in [0, 0.05) is 20.1 Å². The molecule has 3 heteroatoms. The predicted molar refractivity (Wildman–Crippen MR) is 74.3 cm³/mol. The fourth-order valence-corrected chi connectivity index (χ4v) is 1.86. The van der Waals surface area contributed by atoms with Crippen LogP contribution in [-0.2, 0) is 20.1 Å². The van der Waals surface area contributed by atoms with Gasteiger partial charge in [-0.2, -0.15) is 0 Å². The second-order valence-corrected chi connectivity index (χ2v) is 4.00. The standard InChI is InChI=1S/2C8H6N.Ir/c2*1-2-4-8-6-9-5-7(8)3-1;/h2*1-5,9H;/q2*-1;. The van der Waals surface area contributed by atoms with Gasteiger partial charge in [-0.05, 0) is 0 Å². The van der Waals surface area contributed by atoms with Crippen molar-refractivity contribution in [2.24, 2.45) is 0 Å². The maximum absolute atomic E-state index is 2.99. The smallest absolute Gasteiger partial charge is 0 e. The summed E-state index contributed by atoms with van der Waals surface area (Å²) in [6.45, 7) is 0. The van der Waals surface area contributed by atoms with Crippen LogP contribution in [0.2, 0.25) is 0 Å². The van der Waals surface area contributed by atoms with Gasteiger partial charge in [-0.3, -0.25) is 0 Å². The molecule has 19 heavy (non-hydrogen) atoms. The average Bonchev–Trinajstić information content (AvgIpc) is 3.08. The van der Waals surface area contributed by atoms with Crippen molar-refractivity contribution in [3.05, 3.63) is 73.3 Å². The summed E-state index contributed by atoms with van der Waals surface area (Å²) < 4.78 is 0. The van der Waals surface area contributed by atoms with E-state index in [-0.39, 0.29) is 20.1 Å². The molecule has 2 nitrogen and oxygen atoms in total. The summed E-state index contributed by atoms with van der Waals surface area (Å²) >= 11 is 0. The van der Waals surface area contributed by atoms with Gasteiger partial charge in [0.15, 0.2) is 0 Å². The fourth-order valence-electron chi connectivity index (χ4n) is 1.86. The van der Waals surface area contributed by atoms with Crippen molar-refractivity contribution >= 4 is 21.5 Å². The monoisotopic (exact) mass is 425 g/mol. The second kappa shape index (κ2) is 6.37. The van der Waals surface area contributed by atoms with Crippen LogP contribution >= 0.6 is 0 Å². The summed E-state index contributed by atoms with van der Waals surface area (Å²) in [7, 11) is 0. The predicted octanol–water partition coefficient (Wildman–Crippen LogP) is 3.93. The van der Waals surface area contributed by atoms with E-state index in [0.717, 1.165) is 10.8 Å². The molecule has 1 radical (unpaired) electrons. The normalized spacial score (nSPS) is 9.68. The quantitative estimate of drug-likeness (QED) is 0.401. The molecule has 0 aliphatic carbocycles. The van der Waals surface area contributed by atoms with E-state index in [1.807, 2.05) is 48.8 Å². The minimum absolute atomic E-state index is 0. The van der Waals surface area contributed by atoms with Crippen molar-refractivity contribution in [2.75, 3.05) is 0 Å². The molecule has 0 saturated carbocycles. The van der Waals surface area contributed by atoms with Gasteiger partial charge in [-0.25, -0.2) is 0 Å². The third-order valence-electron chi connectivity index (χ3n) is 2.79. The van der Waals surface area contributed by atoms with Crippen LogP contribution in [0.4, 0.5) is 0 Å². The van der Waals surface area contributed by atoms with Crippen molar-refractivity contribution in [2.45, 2.75) is 0 Å². The van der Waals surface area contributed by atoms with Crippen LogP contribution in [0, 0.1) is 12.4 Å². The van der Waals surface area contributed by atoms with Crippen LogP contribution in [0.1, 0.15) is 0 Å². The summed E-state index contributed by atoms with van der Waals surface area (Å²) in [6, 6.07) is 16.2. The molecule has 0 aliphatic heterocycles. The van der Waals surface area contributed by atoms with Crippen LogP contribution < -0.4 is 0 Å². The van der Waals surface area contributed by atoms with E-state index in [2.05, 4.69) is 34.5 Å². The third-order valence-corrected chi connectivity index (χ3v) is 2.79. The Labute approximate surface area is 125 Å². The van der Waals surface area contributed by atoms with E-state index < -0.39 is 0 Å². The van der Waals surface area contributed by atoms with E-state index >= 15 is 0 Å². The van der Waals surface area contributed by atoms with E-state index in [4.69, 9.17) is 0 Å². The van der Waals surface area contributed by atoms with Gasteiger partial charge < -0.3 is 9.97 Å². The van der Waals surface area contributed by atoms with Crippen molar-refractivity contribution in [3.8, 4) is 0 Å². The van der Waals surface area contributed by atoms with Crippen molar-refractivity contribution < 1.29 is 20.1 Å². The largest absolute Gasteiger partial charge is 0.452 e. The molecule has 2 aromatic carbocycles. The number of benzene rings is 2. The molecule has 2 aromatic heterocycles. The molecule has 2 heterocycles. The fraction of sp³-hybridized carbons (Fsp3) is 0. The molecule has 0 fully saturated rings. The number of H-pyrrole nitrogens is 2. The number of aromatic nitrogens is 2. The molecule has 0 amide bonds. The van der Waals surface area contributed by atoms with Crippen LogP contribution in [0.3, 0.4) is 0 Å². The van der Waals surface area contributed by atoms with Gasteiger partial charge in [0.2, 0.25) is 0 Å². The number of rotatable bonds is 0. The molecule has 2 N–H and O–H groups in total. The number of nitrogens with one attached hydrogen (secondary N) is 2. The molecule has 4 aromatic rings. The molecule has 0 bridgehead atoms. The number of hydrogen-bond donors (Lipinski definition) is 2. The van der Waals surface area contributed by atoms with Crippen LogP contribution in [0.5, 0.6) is 0 Å². The topological polar surface area (TPSA) is 31.6 Å². The van der Waals surface area contributed by atoms with Crippen LogP contribution in [-0.4, -0.2) is 9.97 Å². The molecular formula is C16H12IrN2-2. The minimum atomic E-state index is 0. The average molecular weight is 425 g/mol. The first-order chi connectivity index (χ1) is 8.93. The van der Waals surface area contributed by atoms with Gasteiger partial charge in [0.05, 0.1) is 0 Å². The van der Waals surface area contributed by atoms with Crippen molar-refractivity contribution in [1.29, 1.82) is 0 Å². The Bertz CT molecular complexity index is 629. The van der Waals surface area contributed by atoms with Crippen molar-refractivity contribution in [1.82, 2.24) is 9.97 Å². The number of fused-ring (bicyclic) bond motifs is 2. The zero-order chi connectivity index (χ0) is 12.2. The first-order valence-corrected chi connectivity index (χ1v) is 5.81. The SMILES string of the molecule is [Ir].[c-]1[nH]cc2ccccc12.[c-]1[nH]cc2ccccc12. The Balaban J connectivity index is 0.000000133. The maximum atomic E-state index is 2.99. The summed E-state index contributed by atoms with van der Waals surface area (Å²) in [5, 5.41) is 4.74. The molecule has 0 spiro atoms. The molecule has 0 atom stereocenters. The Hall–Kier alpha value is -1.83. The van der Waals surface area contributed by atoms with Crippen molar-refractivity contribution in [3.63, 3.8) is 0 Å². The molecular weight excluding hydrogens is 412 g/mol. The van der Waals surface area contributed by atoms with Gasteiger partial charge >= 0.3 is 0 Å². The molecule has 97 valence electrons. The number of aromatic amines is 2. The van der Waals surface area contributed by atoms with Gasteiger partial charge in [0.1, 0.15) is 0 Å². The number of hydrogen-bond acceptors (Lipinski definition) is 0. The summed E-state index contributed by atoms with van der Waals surface area (Å²) in [5.41, 5.74) is 0. The molecule has 0 aliphatic rings. The Morgan fingerprint density at radius 3 is 1.47 bits per heavy atom. The van der Waals surface area contributed by atoms with Gasteiger partial charge in [0.25, 0.3) is 0 Å². The van der Waals surface area contributed by atoms with E-state index in [0.29, 0.717) is 0 Å². The van der Waals surface area contributed by atoms with Crippen LogP contribution in [0.15, 0.2) is 60.9 Å². The Morgan fingerprint density at radius 2 is 1.05 bits per heavy atom. The van der Waals surface area contributed by atoms with E-state index in [1.54, 1.807) is 0 Å². The molecule has 4 rings (SSSR count). The minimum Gasteiger partial charge on any atom is -0.452 e. The summed E-state index contributed by atoms with van der Waals surface area (Å²) in [4.78, 5) is 5.83. The van der Waals surface area contributed by atoms with Gasteiger partial charge in [-0.1, -0.05) is 24.5 Å². The van der Waals surface area contributed by atoms with Crippen LogP contribution in [0.25, 0.3) is 21.5 Å². The zero-order valence-electron chi connectivity index (χ0n) is 10.1. The first kappa shape index (κ1) is 13.6. The first-order valence-electron chi connectivity index (χ1n) is 5.81. The molecule has 0 unspecified atom stereocenters. The summed E-state index contributed by atoms with van der Waals surface area (Å²) in [6.07, 6.45) is 9.87.